The molecule has 0 N–H and O–H groups in total. The minimum Gasteiger partial charge on any atom is -0.363 e. The van der Waals surface area contributed by atoms with Crippen molar-refractivity contribution in [1.82, 2.24) is 15.0 Å². The molecule has 146 valence electrons. The second kappa shape index (κ2) is 7.24. The monoisotopic (exact) mass is 395 g/mol. The second-order valence-electron chi connectivity index (χ2n) is 6.53. The van der Waals surface area contributed by atoms with Crippen LogP contribution in [0, 0.1) is 17.0 Å². The maximum atomic E-state index is 11.9. The molecule has 1 aromatic carbocycles. The number of hydrogen-bond acceptors (Lipinski definition) is 9. The zero-order valence-corrected chi connectivity index (χ0v) is 16.1. The molecule has 27 heavy (non-hydrogen) atoms. The normalized spacial score (nSPS) is 17.1. The summed E-state index contributed by atoms with van der Waals surface area (Å²) in [5, 5.41) is 15.4. The molecular formula is C16H21N5O5S. The van der Waals surface area contributed by atoms with E-state index in [4.69, 9.17) is 4.52 Å². The molecule has 1 aliphatic rings. The zero-order valence-electron chi connectivity index (χ0n) is 15.3. The molecule has 3 rings (SSSR count). The van der Waals surface area contributed by atoms with Crippen molar-refractivity contribution in [3.05, 3.63) is 40.0 Å². The van der Waals surface area contributed by atoms with Crippen LogP contribution in [0.3, 0.4) is 0 Å². The lowest BCUT2D eigenvalue weighted by atomic mass is 10.2. The Labute approximate surface area is 156 Å². The molecule has 0 radical (unpaired) electrons. The third-order valence-corrected chi connectivity index (χ3v) is 5.79. The van der Waals surface area contributed by atoms with Crippen LogP contribution in [0.25, 0.3) is 0 Å². The SMILES string of the molecule is Cc1noc(C(C)N2CCN(c3cccc(S(C)(=O)=O)c3[N+](=O)[O-])CC2)n1. The maximum absolute atomic E-state index is 11.9. The van der Waals surface area contributed by atoms with Gasteiger partial charge in [0.15, 0.2) is 15.7 Å². The summed E-state index contributed by atoms with van der Waals surface area (Å²) in [7, 11) is -3.70. The molecule has 1 unspecified atom stereocenters. The van der Waals surface area contributed by atoms with Crippen molar-refractivity contribution >= 4 is 21.2 Å². The van der Waals surface area contributed by atoms with Crippen molar-refractivity contribution in [2.24, 2.45) is 0 Å². The highest BCUT2D eigenvalue weighted by Gasteiger charge is 2.32. The Bertz CT molecular complexity index is 950. The predicted octanol–water partition coefficient (Wildman–Crippen LogP) is 1.57. The Morgan fingerprint density at radius 3 is 2.44 bits per heavy atom. The topological polar surface area (TPSA) is 123 Å². The maximum Gasteiger partial charge on any atom is 0.311 e. The van der Waals surface area contributed by atoms with Gasteiger partial charge in [-0.05, 0) is 26.0 Å². The van der Waals surface area contributed by atoms with Gasteiger partial charge in [-0.3, -0.25) is 15.0 Å². The number of rotatable bonds is 5. The van der Waals surface area contributed by atoms with Crippen LogP contribution < -0.4 is 4.90 Å². The van der Waals surface area contributed by atoms with E-state index in [2.05, 4.69) is 15.0 Å². The first-order valence-electron chi connectivity index (χ1n) is 8.45. The Kier molecular flexibility index (Phi) is 5.16. The van der Waals surface area contributed by atoms with Gasteiger partial charge in [-0.25, -0.2) is 8.42 Å². The molecule has 2 heterocycles. The average molecular weight is 395 g/mol. The first-order valence-corrected chi connectivity index (χ1v) is 10.3. The molecule has 2 aromatic rings. The van der Waals surface area contributed by atoms with Crippen molar-refractivity contribution in [2.75, 3.05) is 37.3 Å². The fourth-order valence-corrected chi connectivity index (χ4v) is 4.09. The van der Waals surface area contributed by atoms with Crippen LogP contribution in [0.2, 0.25) is 0 Å². The molecule has 1 aliphatic heterocycles. The lowest BCUT2D eigenvalue weighted by molar-refractivity contribution is -0.387. The molecule has 1 aromatic heterocycles. The van der Waals surface area contributed by atoms with Crippen LogP contribution in [0.5, 0.6) is 0 Å². The zero-order chi connectivity index (χ0) is 19.8. The Morgan fingerprint density at radius 1 is 1.26 bits per heavy atom. The number of piperazine rings is 1. The van der Waals surface area contributed by atoms with Gasteiger partial charge in [0.1, 0.15) is 10.6 Å². The van der Waals surface area contributed by atoms with Crippen molar-refractivity contribution in [1.29, 1.82) is 0 Å². The van der Waals surface area contributed by atoms with E-state index in [0.717, 1.165) is 6.26 Å². The number of benzene rings is 1. The first kappa shape index (κ1) is 19.2. The Balaban J connectivity index is 1.81. The molecule has 0 saturated carbocycles. The number of anilines is 1. The highest BCUT2D eigenvalue weighted by molar-refractivity contribution is 7.90. The molecule has 0 bridgehead atoms. The highest BCUT2D eigenvalue weighted by atomic mass is 32.2. The molecule has 10 nitrogen and oxygen atoms in total. The summed E-state index contributed by atoms with van der Waals surface area (Å²) in [5.74, 6) is 1.11. The third kappa shape index (κ3) is 3.93. The summed E-state index contributed by atoms with van der Waals surface area (Å²) in [4.78, 5) is 18.9. The smallest absolute Gasteiger partial charge is 0.311 e. The summed E-state index contributed by atoms with van der Waals surface area (Å²) in [6, 6.07) is 4.33. The lowest BCUT2D eigenvalue weighted by Crippen LogP contribution is -2.47. The number of hydrogen-bond donors (Lipinski definition) is 0. The van der Waals surface area contributed by atoms with Crippen LogP contribution in [-0.4, -0.2) is 60.8 Å². The number of nitro groups is 1. The summed E-state index contributed by atoms with van der Waals surface area (Å²) < 4.78 is 29.1. The first-order chi connectivity index (χ1) is 12.7. The average Bonchev–Trinajstić information content (AvgIpc) is 3.06. The highest BCUT2D eigenvalue weighted by Crippen LogP contribution is 2.35. The van der Waals surface area contributed by atoms with E-state index in [0.29, 0.717) is 43.6 Å². The van der Waals surface area contributed by atoms with E-state index < -0.39 is 14.8 Å². The molecule has 1 saturated heterocycles. The van der Waals surface area contributed by atoms with Crippen molar-refractivity contribution < 1.29 is 17.9 Å². The van der Waals surface area contributed by atoms with Crippen LogP contribution in [-0.2, 0) is 9.84 Å². The van der Waals surface area contributed by atoms with Crippen molar-refractivity contribution in [3.63, 3.8) is 0 Å². The van der Waals surface area contributed by atoms with Gasteiger partial charge in [0.05, 0.1) is 11.0 Å². The fraction of sp³-hybridized carbons (Fsp3) is 0.500. The van der Waals surface area contributed by atoms with E-state index in [1.54, 1.807) is 13.0 Å². The van der Waals surface area contributed by atoms with E-state index >= 15 is 0 Å². The summed E-state index contributed by atoms with van der Waals surface area (Å²) >= 11 is 0. The summed E-state index contributed by atoms with van der Waals surface area (Å²) in [6.45, 7) is 6.02. The van der Waals surface area contributed by atoms with E-state index in [1.807, 2.05) is 11.8 Å². The Hall–Kier alpha value is -2.53. The van der Waals surface area contributed by atoms with Gasteiger partial charge >= 0.3 is 5.69 Å². The third-order valence-electron chi connectivity index (χ3n) is 4.66. The van der Waals surface area contributed by atoms with E-state index in [9.17, 15) is 18.5 Å². The second-order valence-corrected chi connectivity index (χ2v) is 8.52. The van der Waals surface area contributed by atoms with Crippen LogP contribution in [0.15, 0.2) is 27.6 Å². The molecule has 1 fully saturated rings. The van der Waals surface area contributed by atoms with Gasteiger partial charge in [-0.2, -0.15) is 4.98 Å². The lowest BCUT2D eigenvalue weighted by Gasteiger charge is -2.37. The number of sulfone groups is 1. The largest absolute Gasteiger partial charge is 0.363 e. The van der Waals surface area contributed by atoms with Gasteiger partial charge in [0, 0.05) is 32.4 Å². The van der Waals surface area contributed by atoms with Gasteiger partial charge in [-0.1, -0.05) is 11.2 Å². The molecular weight excluding hydrogens is 374 g/mol. The molecule has 0 aliphatic carbocycles. The minimum absolute atomic E-state index is 0.0642. The van der Waals surface area contributed by atoms with E-state index in [-0.39, 0.29) is 16.6 Å². The van der Waals surface area contributed by atoms with Gasteiger partial charge < -0.3 is 9.42 Å². The summed E-state index contributed by atoms with van der Waals surface area (Å²) in [6.07, 6.45) is 0.977. The molecule has 0 spiro atoms. The van der Waals surface area contributed by atoms with Crippen molar-refractivity contribution in [3.8, 4) is 0 Å². The standard InChI is InChI=1S/C16H21N5O5S/c1-11(16-17-12(2)18-26-16)19-7-9-20(10-8-19)13-5-4-6-14(27(3,24)25)15(13)21(22)23/h4-6,11H,7-10H2,1-3H3. The van der Waals surface area contributed by atoms with E-state index in [1.165, 1.54) is 12.1 Å². The van der Waals surface area contributed by atoms with Crippen LogP contribution >= 0.6 is 0 Å². The summed E-state index contributed by atoms with van der Waals surface area (Å²) in [5.41, 5.74) is -0.0436. The Morgan fingerprint density at radius 2 is 1.93 bits per heavy atom. The quantitative estimate of drug-likeness (QED) is 0.548. The number of nitrogens with zero attached hydrogens (tertiary/aromatic N) is 5. The van der Waals surface area contributed by atoms with Gasteiger partial charge in [-0.15, -0.1) is 0 Å². The molecule has 1 atom stereocenters. The number of aryl methyl sites for hydroxylation is 1. The van der Waals surface area contributed by atoms with Crippen LogP contribution in [0.1, 0.15) is 24.7 Å². The van der Waals surface area contributed by atoms with Gasteiger partial charge in [0.25, 0.3) is 0 Å². The fourth-order valence-electron chi connectivity index (χ4n) is 3.24. The molecule has 0 amide bonds. The number of para-hydroxylation sites is 1. The predicted molar refractivity (Wildman–Crippen MR) is 97.4 cm³/mol. The van der Waals surface area contributed by atoms with Crippen LogP contribution in [0.4, 0.5) is 11.4 Å². The number of nitro benzene ring substituents is 1. The minimum atomic E-state index is -3.70. The molecule has 11 heteroatoms. The van der Waals surface area contributed by atoms with Crippen molar-refractivity contribution in [2.45, 2.75) is 24.8 Å². The number of aromatic nitrogens is 2. The van der Waals surface area contributed by atoms with Gasteiger partial charge in [0.2, 0.25) is 5.89 Å².